The Kier molecular flexibility index (Phi) is 6.82. The molecule has 1 atom stereocenters. The molecule has 0 radical (unpaired) electrons. The van der Waals surface area contributed by atoms with Crippen LogP contribution in [0.4, 0.5) is 24.7 Å². The Balaban J connectivity index is 1.66. The molecule has 2 heterocycles. The van der Waals surface area contributed by atoms with E-state index in [2.05, 4.69) is 15.0 Å². The molecule has 11 heteroatoms. The van der Waals surface area contributed by atoms with Gasteiger partial charge in [-0.15, -0.1) is 8.78 Å². The van der Waals surface area contributed by atoms with Gasteiger partial charge in [-0.1, -0.05) is 0 Å². The lowest BCUT2D eigenvalue weighted by molar-refractivity contribution is -0.0964. The third kappa shape index (κ3) is 5.82. The smallest absolute Gasteiger partial charge is 0.420 e. The largest absolute Gasteiger partial charge is 0.487 e. The van der Waals surface area contributed by atoms with E-state index in [1.807, 2.05) is 6.07 Å². The van der Waals surface area contributed by atoms with Gasteiger partial charge in [-0.2, -0.15) is 5.26 Å². The first kappa shape index (κ1) is 24.3. The molecule has 4 rings (SSSR count). The number of anilines is 2. The topological polar surface area (TPSA) is 98.5 Å². The van der Waals surface area contributed by atoms with Gasteiger partial charge in [-0.25, -0.2) is 9.37 Å². The van der Waals surface area contributed by atoms with Crippen LogP contribution in [0.3, 0.4) is 0 Å². The van der Waals surface area contributed by atoms with Crippen LogP contribution in [0, 0.1) is 17.1 Å². The molecule has 1 fully saturated rings. The fourth-order valence-electron chi connectivity index (χ4n) is 3.75. The van der Waals surface area contributed by atoms with Crippen LogP contribution < -0.4 is 15.0 Å². The van der Waals surface area contributed by atoms with E-state index in [1.165, 1.54) is 54.7 Å². The zero-order valence-electron chi connectivity index (χ0n) is 18.0. The highest BCUT2D eigenvalue weighted by atomic mass is 35.5. The number of carbonyl (C=O) groups excluding carboxylic acids is 1. The maximum Gasteiger partial charge on any atom is 0.487 e. The molecule has 3 aromatic rings. The first-order chi connectivity index (χ1) is 16.6. The number of β-amino-alcohol motifs (C(OH)–C–C–N with tert-alkyl or cyclic N) is 1. The lowest BCUT2D eigenvalue weighted by atomic mass is 9.98. The number of pyridine rings is 1. The quantitative estimate of drug-likeness (QED) is 0.472. The van der Waals surface area contributed by atoms with Crippen LogP contribution in [0.15, 0.2) is 54.7 Å². The number of nitrogens with one attached hydrogen (secondary N) is 1. The van der Waals surface area contributed by atoms with Crippen LogP contribution in [0.2, 0.25) is 0 Å². The van der Waals surface area contributed by atoms with Crippen molar-refractivity contribution >= 4 is 29.0 Å². The summed E-state index contributed by atoms with van der Waals surface area (Å²) in [5.41, 5.74) is -2.65. The van der Waals surface area contributed by atoms with E-state index >= 15 is 0 Å². The standard InChI is InChI=1S/C24H18ClF3N4O3/c25-24(27,28)35-19-5-3-17(4-6-19)31-23(34)15-9-21(20-10-16(26)2-1-14(20)11-29)22(30-12-15)32-8-7-18(33)13-32/h1-6,9-10,12,18,33H,7-8,13H2,(H,31,34)/t18-/m1/s1. The second-order valence-electron chi connectivity index (χ2n) is 7.81. The number of rotatable bonds is 6. The van der Waals surface area contributed by atoms with Crippen LogP contribution in [-0.4, -0.2) is 40.8 Å². The van der Waals surface area contributed by atoms with Gasteiger partial charge in [0.15, 0.2) is 0 Å². The summed E-state index contributed by atoms with van der Waals surface area (Å²) >= 11 is 4.74. The number of aliphatic hydroxyl groups excluding tert-OH is 1. The Bertz CT molecular complexity index is 1290. The number of hydrogen-bond donors (Lipinski definition) is 2. The minimum atomic E-state index is -3.86. The second-order valence-corrected chi connectivity index (χ2v) is 8.25. The highest BCUT2D eigenvalue weighted by Gasteiger charge is 2.28. The van der Waals surface area contributed by atoms with E-state index in [-0.39, 0.29) is 28.1 Å². The molecule has 180 valence electrons. The Morgan fingerprint density at radius 1 is 1.23 bits per heavy atom. The number of nitrogens with zero attached hydrogens (tertiary/aromatic N) is 3. The normalized spacial score (nSPS) is 15.5. The van der Waals surface area contributed by atoms with Gasteiger partial charge in [-0.05, 0) is 55.0 Å². The average Bonchev–Trinajstić information content (AvgIpc) is 3.25. The molecule has 0 bridgehead atoms. The highest BCUT2D eigenvalue weighted by Crippen LogP contribution is 2.35. The molecule has 1 aliphatic heterocycles. The zero-order chi connectivity index (χ0) is 25.2. The molecule has 1 amide bonds. The molecule has 2 N–H and O–H groups in total. The van der Waals surface area contributed by atoms with Crippen molar-refractivity contribution in [3.05, 3.63) is 71.7 Å². The van der Waals surface area contributed by atoms with Crippen molar-refractivity contribution in [3.63, 3.8) is 0 Å². The first-order valence-electron chi connectivity index (χ1n) is 10.4. The van der Waals surface area contributed by atoms with E-state index in [9.17, 15) is 28.3 Å². The lowest BCUT2D eigenvalue weighted by Gasteiger charge is -2.21. The number of carbonyl (C=O) groups is 1. The van der Waals surface area contributed by atoms with E-state index in [4.69, 9.17) is 11.6 Å². The number of hydrogen-bond acceptors (Lipinski definition) is 6. The van der Waals surface area contributed by atoms with E-state index < -0.39 is 23.4 Å². The van der Waals surface area contributed by atoms with Gasteiger partial charge in [0.25, 0.3) is 5.91 Å². The molecular weight excluding hydrogens is 485 g/mol. The molecule has 1 saturated heterocycles. The van der Waals surface area contributed by atoms with Crippen molar-refractivity contribution in [3.8, 4) is 22.9 Å². The number of amides is 1. The number of halogens is 4. The number of nitriles is 1. The van der Waals surface area contributed by atoms with Crippen molar-refractivity contribution in [2.75, 3.05) is 23.3 Å². The van der Waals surface area contributed by atoms with Gasteiger partial charge in [0.2, 0.25) is 0 Å². The van der Waals surface area contributed by atoms with Crippen LogP contribution in [-0.2, 0) is 0 Å². The minimum absolute atomic E-state index is 0.115. The molecule has 2 aromatic carbocycles. The summed E-state index contributed by atoms with van der Waals surface area (Å²) in [7, 11) is 0. The van der Waals surface area contributed by atoms with Crippen molar-refractivity contribution in [2.45, 2.75) is 18.1 Å². The summed E-state index contributed by atoms with van der Waals surface area (Å²) in [4.78, 5) is 19.1. The number of aliphatic hydroxyl groups is 1. The van der Waals surface area contributed by atoms with Gasteiger partial charge < -0.3 is 20.1 Å². The number of aromatic nitrogens is 1. The number of alkyl halides is 3. The maximum absolute atomic E-state index is 14.1. The molecular formula is C24H18ClF3N4O3. The van der Waals surface area contributed by atoms with Gasteiger partial charge in [-0.3, -0.25) is 4.79 Å². The molecule has 0 unspecified atom stereocenters. The molecule has 1 aliphatic rings. The fourth-order valence-corrected chi connectivity index (χ4v) is 3.84. The van der Waals surface area contributed by atoms with Gasteiger partial charge in [0.05, 0.1) is 23.3 Å². The summed E-state index contributed by atoms with van der Waals surface area (Å²) < 4.78 is 43.9. The molecule has 0 spiro atoms. The number of benzene rings is 2. The van der Waals surface area contributed by atoms with Crippen LogP contribution in [0.25, 0.3) is 11.1 Å². The van der Waals surface area contributed by atoms with Crippen molar-refractivity contribution in [2.24, 2.45) is 0 Å². The number of ether oxygens (including phenoxy) is 1. The van der Waals surface area contributed by atoms with E-state index in [0.717, 1.165) is 0 Å². The Morgan fingerprint density at radius 2 is 1.97 bits per heavy atom. The first-order valence-corrected chi connectivity index (χ1v) is 10.8. The van der Waals surface area contributed by atoms with E-state index in [0.29, 0.717) is 30.9 Å². The Morgan fingerprint density at radius 3 is 2.60 bits per heavy atom. The Labute approximate surface area is 203 Å². The zero-order valence-corrected chi connectivity index (χ0v) is 18.8. The van der Waals surface area contributed by atoms with Crippen LogP contribution >= 0.6 is 11.6 Å². The summed E-state index contributed by atoms with van der Waals surface area (Å²) in [5, 5.41) is 22.1. The predicted molar refractivity (Wildman–Crippen MR) is 123 cm³/mol. The van der Waals surface area contributed by atoms with Crippen molar-refractivity contribution < 1.29 is 27.8 Å². The van der Waals surface area contributed by atoms with Gasteiger partial charge in [0.1, 0.15) is 17.4 Å². The summed E-state index contributed by atoms with van der Waals surface area (Å²) in [5.74, 6) is -0.924. The van der Waals surface area contributed by atoms with Gasteiger partial charge >= 0.3 is 5.57 Å². The lowest BCUT2D eigenvalue weighted by Crippen LogP contribution is -2.23. The van der Waals surface area contributed by atoms with Gasteiger partial charge in [0, 0.05) is 47.7 Å². The van der Waals surface area contributed by atoms with E-state index in [1.54, 1.807) is 4.90 Å². The summed E-state index contributed by atoms with van der Waals surface area (Å²) in [6.45, 7) is 0.804. The fraction of sp³-hybridized carbons (Fsp3) is 0.208. The van der Waals surface area contributed by atoms with Crippen LogP contribution in [0.5, 0.6) is 5.75 Å². The molecule has 1 aromatic heterocycles. The van der Waals surface area contributed by atoms with Crippen molar-refractivity contribution in [1.82, 2.24) is 4.98 Å². The minimum Gasteiger partial charge on any atom is -0.420 e. The molecule has 0 saturated carbocycles. The third-order valence-electron chi connectivity index (χ3n) is 5.33. The Hall–Kier alpha value is -3.81. The van der Waals surface area contributed by atoms with Crippen LogP contribution in [0.1, 0.15) is 22.3 Å². The summed E-state index contributed by atoms with van der Waals surface area (Å²) in [6.07, 6.45) is 1.30. The molecule has 7 nitrogen and oxygen atoms in total. The highest BCUT2D eigenvalue weighted by molar-refractivity contribution is 6.20. The summed E-state index contributed by atoms with van der Waals surface area (Å²) in [6, 6.07) is 12.3. The monoisotopic (exact) mass is 502 g/mol. The molecule has 0 aliphatic carbocycles. The SMILES string of the molecule is N#Cc1ccc(F)cc1-c1cc(C(=O)Nc2ccc(OC(F)(F)Cl)cc2)cnc1N1CC[C@@H](O)C1. The molecule has 35 heavy (non-hydrogen) atoms. The van der Waals surface area contributed by atoms with Crippen molar-refractivity contribution in [1.29, 1.82) is 5.26 Å². The third-order valence-corrected chi connectivity index (χ3v) is 5.41. The average molecular weight is 503 g/mol. The predicted octanol–water partition coefficient (Wildman–Crippen LogP) is 4.75. The second kappa shape index (κ2) is 9.82. The maximum atomic E-state index is 14.1.